The number of hydrogen-bond acceptors (Lipinski definition) is 10. The lowest BCUT2D eigenvalue weighted by Gasteiger charge is -2.18. The summed E-state index contributed by atoms with van der Waals surface area (Å²) >= 11 is 1.07. The number of esters is 1. The third-order valence-electron chi connectivity index (χ3n) is 4.81. The summed E-state index contributed by atoms with van der Waals surface area (Å²) in [5, 5.41) is 6.31. The topological polar surface area (TPSA) is 172 Å². The zero-order valence-electron chi connectivity index (χ0n) is 19.1. The Morgan fingerprint density at radius 3 is 2.74 bits per heavy atom. The lowest BCUT2D eigenvalue weighted by atomic mass is 10.2. The molecule has 2 aromatic heterocycles. The fraction of sp³-hybridized carbons (Fsp3) is 0.318. The van der Waals surface area contributed by atoms with Crippen molar-refractivity contribution in [3.05, 3.63) is 40.8 Å². The molecule has 1 aromatic carbocycles. The highest BCUT2D eigenvalue weighted by atomic mass is 32.1. The first-order chi connectivity index (χ1) is 16.7. The highest BCUT2D eigenvalue weighted by Gasteiger charge is 2.22. The number of aromatic nitrogens is 2. The number of fused-ring (bicyclic) bond motifs is 1. The van der Waals surface area contributed by atoms with Gasteiger partial charge in [-0.2, -0.15) is 0 Å². The van der Waals surface area contributed by atoms with Gasteiger partial charge in [-0.25, -0.2) is 19.2 Å². The van der Waals surface area contributed by atoms with E-state index < -0.39 is 30.4 Å². The molecule has 2 heterocycles. The molecule has 186 valence electrons. The molecular formula is C22H25FN6O5S. The van der Waals surface area contributed by atoms with Crippen molar-refractivity contribution in [3.8, 4) is 5.75 Å². The molecule has 0 aliphatic carbocycles. The van der Waals surface area contributed by atoms with Gasteiger partial charge < -0.3 is 31.6 Å². The van der Waals surface area contributed by atoms with Gasteiger partial charge in [0.05, 0.1) is 11.1 Å². The van der Waals surface area contributed by atoms with E-state index in [2.05, 4.69) is 20.6 Å². The average Bonchev–Trinajstić information content (AvgIpc) is 3.16. The van der Waals surface area contributed by atoms with Crippen molar-refractivity contribution in [1.82, 2.24) is 15.3 Å². The van der Waals surface area contributed by atoms with Crippen LogP contribution in [0.2, 0.25) is 0 Å². The van der Waals surface area contributed by atoms with Crippen molar-refractivity contribution >= 4 is 50.8 Å². The highest BCUT2D eigenvalue weighted by Crippen LogP contribution is 2.37. The molecule has 3 aromatic rings. The molecule has 1 unspecified atom stereocenters. The molecule has 6 N–H and O–H groups in total. The lowest BCUT2D eigenvalue weighted by Crippen LogP contribution is -2.37. The van der Waals surface area contributed by atoms with Crippen LogP contribution in [0.5, 0.6) is 5.75 Å². The minimum absolute atomic E-state index is 0.0900. The number of anilines is 2. The number of rotatable bonds is 11. The fourth-order valence-corrected chi connectivity index (χ4v) is 4.13. The number of carbonyl (C=O) groups excluding carboxylic acids is 3. The predicted molar refractivity (Wildman–Crippen MR) is 128 cm³/mol. The summed E-state index contributed by atoms with van der Waals surface area (Å²) in [6.07, 6.45) is 1.01. The van der Waals surface area contributed by atoms with Crippen LogP contribution >= 0.6 is 11.3 Å². The monoisotopic (exact) mass is 504 g/mol. The van der Waals surface area contributed by atoms with E-state index in [1.807, 2.05) is 0 Å². The third-order valence-corrected chi connectivity index (χ3v) is 5.99. The van der Waals surface area contributed by atoms with Gasteiger partial charge in [-0.15, -0.1) is 11.3 Å². The van der Waals surface area contributed by atoms with E-state index >= 15 is 0 Å². The van der Waals surface area contributed by atoms with Gasteiger partial charge in [-0.3, -0.25) is 9.59 Å². The number of thiophene rings is 1. The van der Waals surface area contributed by atoms with Crippen LogP contribution in [-0.4, -0.2) is 53.6 Å². The number of amides is 2. The number of nitrogens with zero attached hydrogens (tertiary/aromatic N) is 2. The molecule has 1 atom stereocenters. The quantitative estimate of drug-likeness (QED) is 0.224. The largest absolute Gasteiger partial charge is 0.479 e. The summed E-state index contributed by atoms with van der Waals surface area (Å²) in [4.78, 5) is 44.8. The smallest absolute Gasteiger partial charge is 0.349 e. The zero-order chi connectivity index (χ0) is 25.5. The molecule has 0 aliphatic heterocycles. The first kappa shape index (κ1) is 25.8. The molecular weight excluding hydrogens is 479 g/mol. The number of primary amides is 1. The number of nitrogens with one attached hydrogen (secondary N) is 2. The van der Waals surface area contributed by atoms with Crippen LogP contribution in [0.15, 0.2) is 24.5 Å². The number of ether oxygens (including phenoxy) is 2. The SMILES string of the molecule is Cc1c(C(=O)OCC(N)=O)sc2ncnc(Nc3ccc(F)cc3OC(C)C(=O)NCCCN)c12. The molecule has 0 radical (unpaired) electrons. The van der Waals surface area contributed by atoms with E-state index in [1.165, 1.54) is 18.5 Å². The molecule has 13 heteroatoms. The normalized spacial score (nSPS) is 11.7. The third kappa shape index (κ3) is 6.39. The summed E-state index contributed by atoms with van der Waals surface area (Å²) in [5.41, 5.74) is 11.3. The van der Waals surface area contributed by atoms with Gasteiger partial charge in [0, 0.05) is 12.6 Å². The van der Waals surface area contributed by atoms with Gasteiger partial charge in [0.1, 0.15) is 33.4 Å². The first-order valence-corrected chi connectivity index (χ1v) is 11.4. The molecule has 0 aliphatic rings. The fourth-order valence-electron chi connectivity index (χ4n) is 3.09. The minimum atomic E-state index is -0.907. The minimum Gasteiger partial charge on any atom is -0.479 e. The second kappa shape index (κ2) is 11.5. The first-order valence-electron chi connectivity index (χ1n) is 10.6. The Hall–Kier alpha value is -3.84. The number of aryl methyl sites for hydroxylation is 1. The molecule has 0 spiro atoms. The molecule has 0 bridgehead atoms. The van der Waals surface area contributed by atoms with Gasteiger partial charge in [0.15, 0.2) is 12.7 Å². The Bertz CT molecular complexity index is 1250. The summed E-state index contributed by atoms with van der Waals surface area (Å²) in [6, 6.07) is 3.82. The summed E-state index contributed by atoms with van der Waals surface area (Å²) < 4.78 is 24.6. The molecule has 0 saturated carbocycles. The van der Waals surface area contributed by atoms with Crippen LogP contribution < -0.4 is 26.8 Å². The van der Waals surface area contributed by atoms with Crippen molar-refractivity contribution in [1.29, 1.82) is 0 Å². The summed E-state index contributed by atoms with van der Waals surface area (Å²) in [7, 11) is 0. The predicted octanol–water partition coefficient (Wildman–Crippen LogP) is 1.76. The maximum Gasteiger partial charge on any atom is 0.349 e. The molecule has 11 nitrogen and oxygen atoms in total. The van der Waals surface area contributed by atoms with E-state index in [-0.39, 0.29) is 16.5 Å². The number of carbonyl (C=O) groups is 3. The maximum atomic E-state index is 14.0. The van der Waals surface area contributed by atoms with Crippen molar-refractivity contribution < 1.29 is 28.2 Å². The van der Waals surface area contributed by atoms with E-state index in [0.29, 0.717) is 46.8 Å². The van der Waals surface area contributed by atoms with Crippen molar-refractivity contribution in [3.63, 3.8) is 0 Å². The molecule has 2 amide bonds. The highest BCUT2D eigenvalue weighted by molar-refractivity contribution is 7.20. The van der Waals surface area contributed by atoms with Crippen LogP contribution in [0, 0.1) is 12.7 Å². The Morgan fingerprint density at radius 1 is 1.26 bits per heavy atom. The van der Waals surface area contributed by atoms with Gasteiger partial charge >= 0.3 is 5.97 Å². The van der Waals surface area contributed by atoms with Gasteiger partial charge in [0.25, 0.3) is 11.8 Å². The number of halogens is 1. The summed E-state index contributed by atoms with van der Waals surface area (Å²) in [6.45, 7) is 3.52. The second-order valence-corrected chi connectivity index (χ2v) is 8.46. The van der Waals surface area contributed by atoms with Crippen molar-refractivity contribution in [2.45, 2.75) is 26.4 Å². The average molecular weight is 505 g/mol. The molecule has 35 heavy (non-hydrogen) atoms. The van der Waals surface area contributed by atoms with Gasteiger partial charge in [-0.05, 0) is 44.5 Å². The lowest BCUT2D eigenvalue weighted by molar-refractivity contribution is -0.127. The van der Waals surface area contributed by atoms with E-state index in [0.717, 1.165) is 17.4 Å². The Labute approximate surface area is 204 Å². The molecule has 3 rings (SSSR count). The number of hydrogen-bond donors (Lipinski definition) is 4. The molecule has 0 saturated heterocycles. The van der Waals surface area contributed by atoms with Crippen molar-refractivity contribution in [2.24, 2.45) is 11.5 Å². The maximum absolute atomic E-state index is 14.0. The van der Waals surface area contributed by atoms with Crippen LogP contribution in [-0.2, 0) is 14.3 Å². The van der Waals surface area contributed by atoms with Gasteiger partial charge in [-0.1, -0.05) is 0 Å². The van der Waals surface area contributed by atoms with Crippen LogP contribution in [0.1, 0.15) is 28.6 Å². The van der Waals surface area contributed by atoms with Crippen LogP contribution in [0.4, 0.5) is 15.9 Å². The number of benzene rings is 1. The van der Waals surface area contributed by atoms with Crippen LogP contribution in [0.3, 0.4) is 0 Å². The summed E-state index contributed by atoms with van der Waals surface area (Å²) in [5.74, 6) is -1.99. The van der Waals surface area contributed by atoms with E-state index in [1.54, 1.807) is 13.8 Å². The van der Waals surface area contributed by atoms with Gasteiger partial charge in [0.2, 0.25) is 0 Å². The Kier molecular flexibility index (Phi) is 8.49. The second-order valence-electron chi connectivity index (χ2n) is 7.46. The standard InChI is InChI=1S/C22H25FN6O5S/c1-11-17-19(27-10-28-21(17)35-18(11)22(32)33-9-16(25)30)29-14-5-4-13(23)8-15(14)34-12(2)20(31)26-7-3-6-24/h4-5,8,10,12H,3,6-7,9,24H2,1-2H3,(H2,25,30)(H,26,31)(H,27,28,29). The Morgan fingerprint density at radius 2 is 2.03 bits per heavy atom. The number of nitrogens with two attached hydrogens (primary N) is 2. The van der Waals surface area contributed by atoms with E-state index in [4.69, 9.17) is 20.9 Å². The van der Waals surface area contributed by atoms with E-state index in [9.17, 15) is 18.8 Å². The molecule has 0 fully saturated rings. The van der Waals surface area contributed by atoms with Crippen LogP contribution in [0.25, 0.3) is 10.2 Å². The Balaban J connectivity index is 1.88. The van der Waals surface area contributed by atoms with Crippen molar-refractivity contribution in [2.75, 3.05) is 25.0 Å². The zero-order valence-corrected chi connectivity index (χ0v) is 19.9.